The fraction of sp³-hybridized carbons (Fsp3) is 0.474. The van der Waals surface area contributed by atoms with Gasteiger partial charge in [-0.05, 0) is 37.1 Å². The molecule has 1 aromatic carbocycles. The van der Waals surface area contributed by atoms with Crippen LogP contribution >= 0.6 is 11.8 Å². The van der Waals surface area contributed by atoms with Crippen LogP contribution in [0.25, 0.3) is 5.69 Å². The summed E-state index contributed by atoms with van der Waals surface area (Å²) in [6, 6.07) is 8.22. The standard InChI is InChI=1S/C19H25N3O2S/c1-21(15-6-4-3-5-7-15)18(23)14-25-19-20-12-13-22(19)16-8-10-17(24-2)11-9-16/h8-13,15H,3-7,14H2,1-2H3. The van der Waals surface area contributed by atoms with Crippen LogP contribution in [0.4, 0.5) is 0 Å². The first-order valence-corrected chi connectivity index (χ1v) is 9.74. The van der Waals surface area contributed by atoms with Crippen molar-refractivity contribution in [2.75, 3.05) is 19.9 Å². The topological polar surface area (TPSA) is 47.4 Å². The molecule has 1 fully saturated rings. The maximum absolute atomic E-state index is 12.5. The average molecular weight is 359 g/mol. The van der Waals surface area contributed by atoms with E-state index in [1.54, 1.807) is 13.3 Å². The molecule has 134 valence electrons. The molecular weight excluding hydrogens is 334 g/mol. The zero-order valence-corrected chi connectivity index (χ0v) is 15.7. The van der Waals surface area contributed by atoms with Gasteiger partial charge in [0.25, 0.3) is 0 Å². The molecule has 0 bridgehead atoms. The highest BCUT2D eigenvalue weighted by molar-refractivity contribution is 7.99. The number of hydrogen-bond donors (Lipinski definition) is 0. The second-order valence-corrected chi connectivity index (χ2v) is 7.31. The van der Waals surface area contributed by atoms with Gasteiger partial charge >= 0.3 is 0 Å². The first kappa shape index (κ1) is 17.9. The number of aromatic nitrogens is 2. The van der Waals surface area contributed by atoms with Crippen molar-refractivity contribution in [1.29, 1.82) is 0 Å². The van der Waals surface area contributed by atoms with Gasteiger partial charge in [0.15, 0.2) is 5.16 Å². The largest absolute Gasteiger partial charge is 0.497 e. The fourth-order valence-corrected chi connectivity index (χ4v) is 4.13. The Labute approximate surface area is 153 Å². The van der Waals surface area contributed by atoms with E-state index in [0.29, 0.717) is 11.8 Å². The van der Waals surface area contributed by atoms with E-state index in [9.17, 15) is 4.79 Å². The van der Waals surface area contributed by atoms with Crippen LogP contribution in [0.2, 0.25) is 0 Å². The molecule has 2 aromatic rings. The molecule has 25 heavy (non-hydrogen) atoms. The zero-order chi connectivity index (χ0) is 17.6. The maximum atomic E-state index is 12.5. The molecule has 1 heterocycles. The van der Waals surface area contributed by atoms with E-state index in [1.165, 1.54) is 31.0 Å². The smallest absolute Gasteiger partial charge is 0.233 e. The summed E-state index contributed by atoms with van der Waals surface area (Å²) in [5.74, 6) is 1.42. The molecule has 1 amide bonds. The molecule has 0 spiro atoms. The van der Waals surface area contributed by atoms with Crippen molar-refractivity contribution < 1.29 is 9.53 Å². The van der Waals surface area contributed by atoms with E-state index in [-0.39, 0.29) is 5.91 Å². The molecule has 0 unspecified atom stereocenters. The van der Waals surface area contributed by atoms with Crippen LogP contribution in [0, 0.1) is 0 Å². The van der Waals surface area contributed by atoms with Crippen LogP contribution in [-0.2, 0) is 4.79 Å². The summed E-state index contributed by atoms with van der Waals surface area (Å²) in [4.78, 5) is 18.9. The van der Waals surface area contributed by atoms with Crippen molar-refractivity contribution in [3.05, 3.63) is 36.7 Å². The Bertz CT molecular complexity index is 693. The summed E-state index contributed by atoms with van der Waals surface area (Å²) < 4.78 is 7.20. The van der Waals surface area contributed by atoms with Gasteiger partial charge in [0.2, 0.25) is 5.91 Å². The molecule has 1 aliphatic carbocycles. The first-order chi connectivity index (χ1) is 12.2. The summed E-state index contributed by atoms with van der Waals surface area (Å²) in [7, 11) is 3.59. The Hall–Kier alpha value is -1.95. The lowest BCUT2D eigenvalue weighted by atomic mass is 9.94. The van der Waals surface area contributed by atoms with E-state index in [0.717, 1.165) is 29.4 Å². The number of methoxy groups -OCH3 is 1. The number of carbonyl (C=O) groups is 1. The Morgan fingerprint density at radius 1 is 1.28 bits per heavy atom. The van der Waals surface area contributed by atoms with E-state index in [1.807, 2.05) is 47.0 Å². The number of rotatable bonds is 6. The molecule has 0 saturated heterocycles. The predicted molar refractivity (Wildman–Crippen MR) is 100 cm³/mol. The molecule has 1 aliphatic rings. The number of thioether (sulfide) groups is 1. The summed E-state index contributed by atoms with van der Waals surface area (Å²) in [6.45, 7) is 0. The van der Waals surface area contributed by atoms with Crippen LogP contribution in [0.5, 0.6) is 5.75 Å². The van der Waals surface area contributed by atoms with Gasteiger partial charge in [-0.1, -0.05) is 31.0 Å². The summed E-state index contributed by atoms with van der Waals surface area (Å²) in [6.07, 6.45) is 9.71. The first-order valence-electron chi connectivity index (χ1n) is 8.75. The third kappa shape index (κ3) is 4.37. The van der Waals surface area contributed by atoms with Crippen molar-refractivity contribution in [2.24, 2.45) is 0 Å². The van der Waals surface area contributed by atoms with Gasteiger partial charge in [0, 0.05) is 31.2 Å². The van der Waals surface area contributed by atoms with Crippen LogP contribution in [0.1, 0.15) is 32.1 Å². The van der Waals surface area contributed by atoms with Crippen molar-refractivity contribution in [3.8, 4) is 11.4 Å². The van der Waals surface area contributed by atoms with Crippen LogP contribution in [0.3, 0.4) is 0 Å². The van der Waals surface area contributed by atoms with E-state index >= 15 is 0 Å². The molecular formula is C19H25N3O2S. The van der Waals surface area contributed by atoms with Gasteiger partial charge in [0.05, 0.1) is 12.9 Å². The lowest BCUT2D eigenvalue weighted by Crippen LogP contribution is -2.39. The minimum Gasteiger partial charge on any atom is -0.497 e. The minimum absolute atomic E-state index is 0.182. The zero-order valence-electron chi connectivity index (χ0n) is 14.9. The number of amides is 1. The number of carbonyl (C=O) groups excluding carboxylic acids is 1. The highest BCUT2D eigenvalue weighted by atomic mass is 32.2. The van der Waals surface area contributed by atoms with Gasteiger partial charge in [-0.3, -0.25) is 9.36 Å². The third-order valence-corrected chi connectivity index (χ3v) is 5.75. The van der Waals surface area contributed by atoms with E-state index in [2.05, 4.69) is 4.98 Å². The molecule has 5 nitrogen and oxygen atoms in total. The lowest BCUT2D eigenvalue weighted by molar-refractivity contribution is -0.129. The second kappa shape index (κ2) is 8.43. The van der Waals surface area contributed by atoms with Gasteiger partial charge in [-0.25, -0.2) is 4.98 Å². The number of nitrogens with zero attached hydrogens (tertiary/aromatic N) is 3. The van der Waals surface area contributed by atoms with Gasteiger partial charge in [-0.2, -0.15) is 0 Å². The summed E-state index contributed by atoms with van der Waals surface area (Å²) >= 11 is 1.49. The number of ether oxygens (including phenoxy) is 1. The summed E-state index contributed by atoms with van der Waals surface area (Å²) in [5, 5.41) is 0.829. The molecule has 0 atom stereocenters. The second-order valence-electron chi connectivity index (χ2n) is 6.36. The van der Waals surface area contributed by atoms with Gasteiger partial charge in [-0.15, -0.1) is 0 Å². The van der Waals surface area contributed by atoms with Crippen LogP contribution < -0.4 is 4.74 Å². The number of benzene rings is 1. The highest BCUT2D eigenvalue weighted by Crippen LogP contribution is 2.25. The number of hydrogen-bond acceptors (Lipinski definition) is 4. The Morgan fingerprint density at radius 3 is 2.68 bits per heavy atom. The average Bonchev–Trinajstić information content (AvgIpc) is 3.15. The highest BCUT2D eigenvalue weighted by Gasteiger charge is 2.22. The third-order valence-electron chi connectivity index (χ3n) is 4.80. The minimum atomic E-state index is 0.182. The predicted octanol–water partition coefficient (Wildman–Crippen LogP) is 3.76. The summed E-state index contributed by atoms with van der Waals surface area (Å²) in [5.41, 5.74) is 1.01. The van der Waals surface area contributed by atoms with Gasteiger partial charge < -0.3 is 9.64 Å². The molecule has 6 heteroatoms. The Morgan fingerprint density at radius 2 is 2.00 bits per heavy atom. The SMILES string of the molecule is COc1ccc(-n2ccnc2SCC(=O)N(C)C2CCCCC2)cc1. The van der Waals surface area contributed by atoms with Crippen molar-refractivity contribution in [1.82, 2.24) is 14.5 Å². The quantitative estimate of drug-likeness (QED) is 0.737. The Kier molecular flexibility index (Phi) is 6.02. The number of imidazole rings is 1. The molecule has 0 aliphatic heterocycles. The molecule has 3 rings (SSSR count). The van der Waals surface area contributed by atoms with Crippen molar-refractivity contribution >= 4 is 17.7 Å². The lowest BCUT2D eigenvalue weighted by Gasteiger charge is -2.31. The molecule has 0 radical (unpaired) electrons. The Balaban J connectivity index is 1.61. The van der Waals surface area contributed by atoms with Gasteiger partial charge in [0.1, 0.15) is 5.75 Å². The molecule has 1 aromatic heterocycles. The van der Waals surface area contributed by atoms with Crippen molar-refractivity contribution in [3.63, 3.8) is 0 Å². The molecule has 0 N–H and O–H groups in total. The van der Waals surface area contributed by atoms with E-state index < -0.39 is 0 Å². The van der Waals surface area contributed by atoms with Crippen LogP contribution in [0.15, 0.2) is 41.8 Å². The monoisotopic (exact) mass is 359 g/mol. The normalized spacial score (nSPS) is 15.1. The van der Waals surface area contributed by atoms with E-state index in [4.69, 9.17) is 4.74 Å². The van der Waals surface area contributed by atoms with Crippen LogP contribution in [-0.4, -0.2) is 46.3 Å². The molecule has 1 saturated carbocycles. The van der Waals surface area contributed by atoms with Crippen molar-refractivity contribution in [2.45, 2.75) is 43.3 Å². The fourth-order valence-electron chi connectivity index (χ4n) is 3.24. The maximum Gasteiger partial charge on any atom is 0.233 e.